The third-order valence-electron chi connectivity index (χ3n) is 3.38. The lowest BCUT2D eigenvalue weighted by atomic mass is 10.0. The molecule has 0 aliphatic rings. The van der Waals surface area contributed by atoms with E-state index in [1.807, 2.05) is 19.9 Å². The first-order valence-corrected chi connectivity index (χ1v) is 8.81. The zero-order valence-electron chi connectivity index (χ0n) is 14.0. The molecule has 0 bridgehead atoms. The van der Waals surface area contributed by atoms with Crippen LogP contribution in [0.3, 0.4) is 0 Å². The summed E-state index contributed by atoms with van der Waals surface area (Å²) in [6.07, 6.45) is 0. The molecule has 6 nitrogen and oxygen atoms in total. The number of hydrogen-bond acceptors (Lipinski definition) is 4. The first-order chi connectivity index (χ1) is 10.3. The van der Waals surface area contributed by atoms with E-state index in [-0.39, 0.29) is 0 Å². The first-order valence-electron chi connectivity index (χ1n) is 7.16. The highest BCUT2D eigenvalue weighted by Gasteiger charge is 2.33. The Balaban J connectivity index is 3.02. The van der Waals surface area contributed by atoms with Gasteiger partial charge in [0.05, 0.1) is 4.75 Å². The van der Waals surface area contributed by atoms with Crippen molar-refractivity contribution in [1.29, 1.82) is 0 Å². The monoisotopic (exact) mass is 341 g/mol. The van der Waals surface area contributed by atoms with Crippen LogP contribution in [0, 0.1) is 13.8 Å². The number of amides is 1. The number of aliphatic carboxylic acids is 1. The van der Waals surface area contributed by atoms with Gasteiger partial charge in [-0.2, -0.15) is 0 Å². The molecule has 23 heavy (non-hydrogen) atoms. The topological polar surface area (TPSA) is 101 Å². The van der Waals surface area contributed by atoms with Crippen LogP contribution in [0.1, 0.15) is 43.5 Å². The molecule has 0 radical (unpaired) electrons. The maximum atomic E-state index is 12.1. The molecule has 0 saturated carbocycles. The smallest absolute Gasteiger partial charge is 0.330 e. The van der Waals surface area contributed by atoms with Crippen molar-refractivity contribution >= 4 is 21.7 Å². The summed E-state index contributed by atoms with van der Waals surface area (Å²) in [4.78, 5) is 23.5. The average molecular weight is 341 g/mol. The molecule has 1 atom stereocenters. The van der Waals surface area contributed by atoms with E-state index in [2.05, 4.69) is 5.32 Å². The van der Waals surface area contributed by atoms with Crippen LogP contribution < -0.4 is 5.32 Å². The number of benzene rings is 1. The molecule has 0 aliphatic carbocycles. The highest BCUT2D eigenvalue weighted by Crippen LogP contribution is 2.19. The van der Waals surface area contributed by atoms with E-state index in [0.717, 1.165) is 11.1 Å². The van der Waals surface area contributed by atoms with Crippen LogP contribution in [0.5, 0.6) is 0 Å². The number of carbonyl (C=O) groups excluding carboxylic acids is 1. The van der Waals surface area contributed by atoms with Crippen LogP contribution in [0.15, 0.2) is 18.2 Å². The number of hydrogen-bond donors (Lipinski definition) is 2. The maximum absolute atomic E-state index is 12.1. The highest BCUT2D eigenvalue weighted by molar-refractivity contribution is 7.93. The van der Waals surface area contributed by atoms with Crippen molar-refractivity contribution < 1.29 is 23.1 Å². The van der Waals surface area contributed by atoms with Crippen molar-refractivity contribution in [2.45, 2.75) is 45.4 Å². The van der Waals surface area contributed by atoms with E-state index in [9.17, 15) is 23.1 Å². The second-order valence-corrected chi connectivity index (χ2v) is 9.37. The molecule has 1 rings (SSSR count). The van der Waals surface area contributed by atoms with Crippen molar-refractivity contribution in [3.05, 3.63) is 34.9 Å². The van der Waals surface area contributed by atoms with Crippen molar-refractivity contribution in [3.63, 3.8) is 0 Å². The number of carbonyl (C=O) groups is 2. The van der Waals surface area contributed by atoms with Gasteiger partial charge in [-0.15, -0.1) is 0 Å². The van der Waals surface area contributed by atoms with Gasteiger partial charge in [0, 0.05) is 0 Å². The molecule has 0 spiro atoms. The van der Waals surface area contributed by atoms with Crippen molar-refractivity contribution in [2.75, 3.05) is 5.75 Å². The summed E-state index contributed by atoms with van der Waals surface area (Å²) in [5.41, 5.74) is 2.14. The third-order valence-corrected chi connectivity index (χ3v) is 5.89. The van der Waals surface area contributed by atoms with E-state index in [1.165, 1.54) is 20.8 Å². The van der Waals surface area contributed by atoms with Crippen molar-refractivity contribution in [3.8, 4) is 0 Å². The van der Waals surface area contributed by atoms with Gasteiger partial charge in [-0.1, -0.05) is 29.3 Å². The number of aryl methyl sites for hydroxylation is 2. The van der Waals surface area contributed by atoms with Crippen molar-refractivity contribution in [2.24, 2.45) is 0 Å². The molecule has 1 amide bonds. The van der Waals surface area contributed by atoms with E-state index < -0.39 is 38.3 Å². The molecule has 0 saturated heterocycles. The number of rotatable bonds is 5. The van der Waals surface area contributed by atoms with Crippen LogP contribution in [-0.2, 0) is 19.4 Å². The summed E-state index contributed by atoms with van der Waals surface area (Å²) in [5.74, 6) is -2.81. The lowest BCUT2D eigenvalue weighted by Gasteiger charge is -2.20. The lowest BCUT2D eigenvalue weighted by Crippen LogP contribution is -2.41. The first kappa shape index (κ1) is 19.2. The predicted molar refractivity (Wildman–Crippen MR) is 88.0 cm³/mol. The van der Waals surface area contributed by atoms with Gasteiger partial charge in [-0.05, 0) is 40.2 Å². The minimum atomic E-state index is -3.67. The zero-order valence-corrected chi connectivity index (χ0v) is 14.8. The van der Waals surface area contributed by atoms with Crippen LogP contribution in [0.2, 0.25) is 0 Å². The minimum Gasteiger partial charge on any atom is -0.479 e. The second kappa shape index (κ2) is 6.70. The van der Waals surface area contributed by atoms with E-state index in [0.29, 0.717) is 5.56 Å². The molecule has 1 unspecified atom stereocenters. The van der Waals surface area contributed by atoms with Gasteiger partial charge in [-0.25, -0.2) is 13.2 Å². The van der Waals surface area contributed by atoms with Gasteiger partial charge in [0.25, 0.3) is 0 Å². The molecular weight excluding hydrogens is 318 g/mol. The fourth-order valence-electron chi connectivity index (χ4n) is 2.06. The summed E-state index contributed by atoms with van der Waals surface area (Å²) < 4.78 is 23.0. The maximum Gasteiger partial charge on any atom is 0.330 e. The Labute approximate surface area is 136 Å². The number of nitrogens with one attached hydrogen (secondary N) is 1. The Morgan fingerprint density at radius 2 is 1.61 bits per heavy atom. The lowest BCUT2D eigenvalue weighted by molar-refractivity contribution is -0.141. The quantitative estimate of drug-likeness (QED) is 0.850. The standard InChI is InChI=1S/C16H23NO5S/c1-10-6-11(2)8-12(7-10)14(15(19)20)17-13(18)9-23(21,22)16(3,4)5/h6-8,14H,9H2,1-5H3,(H,17,18)(H,19,20). The van der Waals surface area contributed by atoms with E-state index in [4.69, 9.17) is 0 Å². The average Bonchev–Trinajstić information content (AvgIpc) is 2.32. The Kier molecular flexibility index (Phi) is 5.58. The molecule has 0 aromatic heterocycles. The zero-order chi connectivity index (χ0) is 18.0. The highest BCUT2D eigenvalue weighted by atomic mass is 32.2. The van der Waals surface area contributed by atoms with Gasteiger partial charge in [0.1, 0.15) is 5.75 Å². The normalized spacial score (nSPS) is 13.4. The molecule has 2 N–H and O–H groups in total. The summed E-state index contributed by atoms with van der Waals surface area (Å²) in [7, 11) is -3.67. The van der Waals surface area contributed by atoms with Gasteiger partial charge in [0.2, 0.25) is 5.91 Å². The third kappa shape index (κ3) is 5.06. The largest absolute Gasteiger partial charge is 0.479 e. The summed E-state index contributed by atoms with van der Waals surface area (Å²) in [6, 6.07) is 3.92. The molecular formula is C16H23NO5S. The predicted octanol–water partition coefficient (Wildman–Crippen LogP) is 1.76. The minimum absolute atomic E-state index is 0.413. The summed E-state index contributed by atoms with van der Waals surface area (Å²) in [6.45, 7) is 8.12. The molecule has 0 fully saturated rings. The summed E-state index contributed by atoms with van der Waals surface area (Å²) >= 11 is 0. The van der Waals surface area contributed by atoms with Crippen LogP contribution in [0.4, 0.5) is 0 Å². The molecule has 0 aliphatic heterocycles. The molecule has 1 aromatic carbocycles. The van der Waals surface area contributed by atoms with E-state index in [1.54, 1.807) is 12.1 Å². The Bertz CT molecular complexity index is 696. The second-order valence-electron chi connectivity index (χ2n) is 6.63. The SMILES string of the molecule is Cc1cc(C)cc(C(NC(=O)CS(=O)(=O)C(C)(C)C)C(=O)O)c1. The van der Waals surface area contributed by atoms with Gasteiger partial charge in [-0.3, -0.25) is 4.79 Å². The van der Waals surface area contributed by atoms with Crippen molar-refractivity contribution in [1.82, 2.24) is 5.32 Å². The van der Waals surface area contributed by atoms with Gasteiger partial charge in [0.15, 0.2) is 15.9 Å². The number of carboxylic acids is 1. The van der Waals surface area contributed by atoms with E-state index >= 15 is 0 Å². The molecule has 0 heterocycles. The molecule has 128 valence electrons. The summed E-state index contributed by atoms with van der Waals surface area (Å²) in [5, 5.41) is 11.6. The number of sulfone groups is 1. The van der Waals surface area contributed by atoms with Crippen LogP contribution >= 0.6 is 0 Å². The Hall–Kier alpha value is -1.89. The van der Waals surface area contributed by atoms with Gasteiger partial charge < -0.3 is 10.4 Å². The molecule has 1 aromatic rings. The Morgan fingerprint density at radius 3 is 2.00 bits per heavy atom. The Morgan fingerprint density at radius 1 is 1.13 bits per heavy atom. The van der Waals surface area contributed by atoms with Crippen LogP contribution in [0.25, 0.3) is 0 Å². The molecule has 7 heteroatoms. The van der Waals surface area contributed by atoms with Gasteiger partial charge >= 0.3 is 5.97 Å². The fourth-order valence-corrected chi connectivity index (χ4v) is 2.92. The number of carboxylic acid groups (broad SMARTS) is 1. The van der Waals surface area contributed by atoms with Crippen LogP contribution in [-0.4, -0.2) is 35.9 Å². The fraction of sp³-hybridized carbons (Fsp3) is 0.500.